The van der Waals surface area contributed by atoms with Crippen molar-refractivity contribution in [2.75, 3.05) is 49.6 Å². The normalized spacial score (nSPS) is 15.2. The van der Waals surface area contributed by atoms with Crippen molar-refractivity contribution in [1.29, 1.82) is 0 Å². The molecule has 1 heterocycles. The third-order valence-corrected chi connectivity index (χ3v) is 7.49. The minimum absolute atomic E-state index is 0.0511. The van der Waals surface area contributed by atoms with Gasteiger partial charge in [0.1, 0.15) is 0 Å². The first-order valence-electron chi connectivity index (χ1n) is 11.0. The molecule has 0 atom stereocenters. The van der Waals surface area contributed by atoms with E-state index in [4.69, 9.17) is 4.74 Å². The molecule has 7 nitrogen and oxygen atoms in total. The predicted molar refractivity (Wildman–Crippen MR) is 123 cm³/mol. The summed E-state index contributed by atoms with van der Waals surface area (Å²) in [7, 11) is -3.78. The molecule has 2 aromatic rings. The summed E-state index contributed by atoms with van der Waals surface area (Å²) in [5.74, 6) is -0.464. The molecule has 1 saturated heterocycles. The molecule has 0 aromatic heterocycles. The number of nitrogens with zero attached hydrogens (tertiary/aromatic N) is 2. The van der Waals surface area contributed by atoms with Crippen LogP contribution in [0.3, 0.4) is 0 Å². The fourth-order valence-electron chi connectivity index (χ4n) is 3.74. The number of alkyl halides is 3. The van der Waals surface area contributed by atoms with Crippen LogP contribution in [0.5, 0.6) is 0 Å². The highest BCUT2D eigenvalue weighted by molar-refractivity contribution is 7.89. The fourth-order valence-corrected chi connectivity index (χ4v) is 5.18. The van der Waals surface area contributed by atoms with E-state index in [9.17, 15) is 26.4 Å². The van der Waals surface area contributed by atoms with Gasteiger partial charge in [-0.2, -0.15) is 17.5 Å². The van der Waals surface area contributed by atoms with Crippen LogP contribution in [0.1, 0.15) is 25.0 Å². The molecule has 11 heteroatoms. The number of hydrogen-bond donors (Lipinski definition) is 1. The van der Waals surface area contributed by atoms with Gasteiger partial charge in [0.2, 0.25) is 15.9 Å². The summed E-state index contributed by atoms with van der Waals surface area (Å²) in [6, 6.07) is 8.99. The van der Waals surface area contributed by atoms with Crippen molar-refractivity contribution >= 4 is 27.3 Å². The van der Waals surface area contributed by atoms with Crippen LogP contribution in [0.2, 0.25) is 0 Å². The number of carbonyl (C=O) groups excluding carboxylic acids is 1. The van der Waals surface area contributed by atoms with Crippen molar-refractivity contribution in [3.63, 3.8) is 0 Å². The highest BCUT2D eigenvalue weighted by Crippen LogP contribution is 2.31. The van der Waals surface area contributed by atoms with Gasteiger partial charge < -0.3 is 15.0 Å². The Labute approximate surface area is 197 Å². The molecule has 1 fully saturated rings. The Morgan fingerprint density at radius 2 is 1.68 bits per heavy atom. The maximum Gasteiger partial charge on any atom is 0.416 e. The van der Waals surface area contributed by atoms with E-state index in [-0.39, 0.29) is 24.4 Å². The highest BCUT2D eigenvalue weighted by Gasteiger charge is 2.30. The first-order valence-corrected chi connectivity index (χ1v) is 12.4. The van der Waals surface area contributed by atoms with Gasteiger partial charge in [-0.25, -0.2) is 8.42 Å². The minimum Gasteiger partial charge on any atom is -0.379 e. The number of nitrogens with one attached hydrogen (secondary N) is 1. The number of morpholine rings is 1. The van der Waals surface area contributed by atoms with E-state index in [1.807, 2.05) is 18.7 Å². The Morgan fingerprint density at radius 1 is 1.06 bits per heavy atom. The smallest absolute Gasteiger partial charge is 0.379 e. The van der Waals surface area contributed by atoms with Crippen LogP contribution in [-0.2, 0) is 32.2 Å². The summed E-state index contributed by atoms with van der Waals surface area (Å²) in [5.41, 5.74) is 0.607. The van der Waals surface area contributed by atoms with Gasteiger partial charge >= 0.3 is 6.18 Å². The molecule has 2 aromatic carbocycles. The molecule has 1 amide bonds. The minimum atomic E-state index is -4.45. The quantitative estimate of drug-likeness (QED) is 0.599. The van der Waals surface area contributed by atoms with Gasteiger partial charge in [-0.1, -0.05) is 12.1 Å². The molecule has 1 N–H and O–H groups in total. The zero-order valence-corrected chi connectivity index (χ0v) is 19.9. The third kappa shape index (κ3) is 6.08. The average Bonchev–Trinajstić information content (AvgIpc) is 2.81. The molecule has 1 aliphatic rings. The van der Waals surface area contributed by atoms with Crippen molar-refractivity contribution in [2.45, 2.75) is 31.3 Å². The molecular weight excluding hydrogens is 471 g/mol. The van der Waals surface area contributed by atoms with Crippen LogP contribution >= 0.6 is 0 Å². The Bertz CT molecular complexity index is 1100. The summed E-state index contributed by atoms with van der Waals surface area (Å²) in [4.78, 5) is 14.8. The van der Waals surface area contributed by atoms with Crippen LogP contribution in [0, 0.1) is 0 Å². The molecule has 34 heavy (non-hydrogen) atoms. The highest BCUT2D eigenvalue weighted by atomic mass is 32.2. The van der Waals surface area contributed by atoms with Crippen LogP contribution in [-0.4, -0.2) is 58.0 Å². The predicted octanol–water partition coefficient (Wildman–Crippen LogP) is 3.75. The zero-order chi connectivity index (χ0) is 24.9. The van der Waals surface area contributed by atoms with E-state index in [0.29, 0.717) is 43.2 Å². The van der Waals surface area contributed by atoms with Crippen molar-refractivity contribution in [1.82, 2.24) is 4.31 Å². The second-order valence-corrected chi connectivity index (χ2v) is 9.73. The van der Waals surface area contributed by atoms with Gasteiger partial charge in [-0.15, -0.1) is 0 Å². The maximum absolute atomic E-state index is 13.1. The van der Waals surface area contributed by atoms with E-state index >= 15 is 0 Å². The van der Waals surface area contributed by atoms with E-state index in [1.54, 1.807) is 6.07 Å². The lowest BCUT2D eigenvalue weighted by Gasteiger charge is -2.28. The van der Waals surface area contributed by atoms with Crippen molar-refractivity contribution in [3.8, 4) is 0 Å². The van der Waals surface area contributed by atoms with Crippen LogP contribution in [0.4, 0.5) is 24.5 Å². The van der Waals surface area contributed by atoms with E-state index < -0.39 is 27.7 Å². The summed E-state index contributed by atoms with van der Waals surface area (Å²) < 4.78 is 71.1. The Kier molecular flexibility index (Phi) is 8.21. The van der Waals surface area contributed by atoms with E-state index in [0.717, 1.165) is 12.1 Å². The van der Waals surface area contributed by atoms with E-state index in [1.165, 1.54) is 28.6 Å². The lowest BCUT2D eigenvalue weighted by atomic mass is 10.1. The van der Waals surface area contributed by atoms with Crippen molar-refractivity contribution in [2.24, 2.45) is 0 Å². The fraction of sp³-hybridized carbons (Fsp3) is 0.435. The monoisotopic (exact) mass is 499 g/mol. The van der Waals surface area contributed by atoms with Gasteiger partial charge in [-0.05, 0) is 49.7 Å². The summed E-state index contributed by atoms with van der Waals surface area (Å²) >= 11 is 0. The first-order chi connectivity index (χ1) is 16.1. The number of anilines is 2. The van der Waals surface area contributed by atoms with Gasteiger partial charge in [0, 0.05) is 26.2 Å². The number of amides is 1. The number of carbonyl (C=O) groups is 1. The summed E-state index contributed by atoms with van der Waals surface area (Å²) in [6.45, 7) is 6.26. The SMILES string of the molecule is CCN(CC)c1ccc(S(=O)(=O)N2CCOCC2)cc1NC(=O)Cc1ccc(C(F)(F)F)cc1. The molecule has 186 valence electrons. The topological polar surface area (TPSA) is 79.0 Å². The lowest BCUT2D eigenvalue weighted by Crippen LogP contribution is -2.40. The van der Waals surface area contributed by atoms with E-state index in [2.05, 4.69) is 5.32 Å². The number of halogens is 3. The van der Waals surface area contributed by atoms with Gasteiger partial charge in [0.05, 0.1) is 41.5 Å². The van der Waals surface area contributed by atoms with Gasteiger partial charge in [0.25, 0.3) is 0 Å². The van der Waals surface area contributed by atoms with Gasteiger partial charge in [0.15, 0.2) is 0 Å². The summed E-state index contributed by atoms with van der Waals surface area (Å²) in [5, 5.41) is 2.76. The third-order valence-electron chi connectivity index (χ3n) is 5.60. The number of sulfonamides is 1. The number of hydrogen-bond acceptors (Lipinski definition) is 5. The lowest BCUT2D eigenvalue weighted by molar-refractivity contribution is -0.137. The standard InChI is InChI=1S/C23H28F3N3O4S/c1-3-28(4-2)21-10-9-19(34(31,32)29-11-13-33-14-12-29)16-20(21)27-22(30)15-17-5-7-18(8-6-17)23(24,25)26/h5-10,16H,3-4,11-15H2,1-2H3,(H,27,30). The summed E-state index contributed by atoms with van der Waals surface area (Å²) in [6.07, 6.45) is -4.61. The first kappa shape index (κ1) is 26.0. The number of benzene rings is 2. The van der Waals surface area contributed by atoms with Gasteiger partial charge in [-0.3, -0.25) is 4.79 Å². The Balaban J connectivity index is 1.86. The molecule has 0 aliphatic carbocycles. The molecule has 0 unspecified atom stereocenters. The second kappa shape index (κ2) is 10.7. The number of ether oxygens (including phenoxy) is 1. The molecular formula is C23H28F3N3O4S. The van der Waals surface area contributed by atoms with Crippen molar-refractivity contribution < 1.29 is 31.1 Å². The average molecular weight is 500 g/mol. The van der Waals surface area contributed by atoms with Crippen LogP contribution < -0.4 is 10.2 Å². The number of rotatable bonds is 8. The zero-order valence-electron chi connectivity index (χ0n) is 19.1. The van der Waals surface area contributed by atoms with Crippen molar-refractivity contribution in [3.05, 3.63) is 53.6 Å². The largest absolute Gasteiger partial charge is 0.416 e. The molecule has 1 aliphatic heterocycles. The molecule has 0 spiro atoms. The molecule has 3 rings (SSSR count). The maximum atomic E-state index is 13.1. The van der Waals surface area contributed by atoms with Crippen LogP contribution in [0.15, 0.2) is 47.4 Å². The molecule has 0 saturated carbocycles. The molecule has 0 radical (unpaired) electrons. The van der Waals surface area contributed by atoms with Crippen LogP contribution in [0.25, 0.3) is 0 Å². The Morgan fingerprint density at radius 3 is 2.24 bits per heavy atom. The molecule has 0 bridgehead atoms. The second-order valence-electron chi connectivity index (χ2n) is 7.79. The Hall–Kier alpha value is -2.63.